The van der Waals surface area contributed by atoms with E-state index < -0.39 is 0 Å². The van der Waals surface area contributed by atoms with Gasteiger partial charge in [0.25, 0.3) is 0 Å². The van der Waals surface area contributed by atoms with Crippen molar-refractivity contribution >= 4 is 29.9 Å². The predicted octanol–water partition coefficient (Wildman–Crippen LogP) is 3.52. The van der Waals surface area contributed by atoms with E-state index in [1.165, 1.54) is 83.7 Å². The molecule has 0 radical (unpaired) electrons. The molecule has 2 heterocycles. The molecule has 1 spiro atoms. The first-order chi connectivity index (χ1) is 13.3. The number of ether oxygens (including phenoxy) is 1. The van der Waals surface area contributed by atoms with Gasteiger partial charge in [0.05, 0.1) is 6.10 Å². The number of likely N-dealkylation sites (tertiary alicyclic amines) is 1. The first kappa shape index (κ1) is 21.2. The number of piperidine rings is 1. The van der Waals surface area contributed by atoms with Crippen molar-refractivity contribution in [3.05, 3.63) is 0 Å². The lowest BCUT2D eigenvalue weighted by Crippen LogP contribution is -2.73. The van der Waals surface area contributed by atoms with E-state index in [1.807, 2.05) is 7.05 Å². The smallest absolute Gasteiger partial charge is 0.191 e. The molecule has 3 saturated carbocycles. The van der Waals surface area contributed by atoms with Gasteiger partial charge in [-0.15, -0.1) is 24.0 Å². The van der Waals surface area contributed by atoms with E-state index in [0.29, 0.717) is 29.5 Å². The van der Waals surface area contributed by atoms with Crippen LogP contribution in [0.25, 0.3) is 0 Å². The topological polar surface area (TPSA) is 48.9 Å². The van der Waals surface area contributed by atoms with E-state index in [0.717, 1.165) is 18.6 Å². The van der Waals surface area contributed by atoms with Gasteiger partial charge in [0, 0.05) is 49.7 Å². The van der Waals surface area contributed by atoms with Crippen LogP contribution in [-0.2, 0) is 4.74 Å². The summed E-state index contributed by atoms with van der Waals surface area (Å²) in [6.45, 7) is 3.44. The summed E-state index contributed by atoms with van der Waals surface area (Å²) >= 11 is 0. The molecule has 0 aromatic carbocycles. The van der Waals surface area contributed by atoms with Gasteiger partial charge in [-0.3, -0.25) is 9.89 Å². The molecular formula is C22H39IN4O. The highest BCUT2D eigenvalue weighted by Crippen LogP contribution is 2.62. The summed E-state index contributed by atoms with van der Waals surface area (Å²) in [5, 5.41) is 7.65. The van der Waals surface area contributed by atoms with Crippen LogP contribution in [0.5, 0.6) is 0 Å². The minimum atomic E-state index is 0. The molecular weight excluding hydrogens is 463 g/mol. The molecule has 5 nitrogen and oxygen atoms in total. The lowest BCUT2D eigenvalue weighted by Gasteiger charge is -2.63. The van der Waals surface area contributed by atoms with Crippen LogP contribution in [-0.4, -0.2) is 61.8 Å². The van der Waals surface area contributed by atoms with Crippen LogP contribution >= 0.6 is 24.0 Å². The molecule has 2 aliphatic heterocycles. The molecule has 5 fully saturated rings. The van der Waals surface area contributed by atoms with Crippen LogP contribution in [0, 0.1) is 11.3 Å². The average molecular weight is 502 g/mol. The standard InChI is InChI=1S/C22H38N4O.HI/c1-23-21(25-19-18-10-14-27-20(18)22(19)11-6-12-22)24-16-7-5-13-26(15-16)17-8-3-2-4-9-17;/h16-20H,2-15H2,1H3,(H2,23,24,25);1H. The molecule has 28 heavy (non-hydrogen) atoms. The van der Waals surface area contributed by atoms with Crippen LogP contribution in [0.15, 0.2) is 4.99 Å². The lowest BCUT2D eigenvalue weighted by atomic mass is 9.46. The third-order valence-corrected chi connectivity index (χ3v) is 8.44. The summed E-state index contributed by atoms with van der Waals surface area (Å²) in [5.41, 5.74) is 0.416. The van der Waals surface area contributed by atoms with E-state index in [1.54, 1.807) is 0 Å². The fraction of sp³-hybridized carbons (Fsp3) is 0.955. The molecule has 0 aromatic rings. The van der Waals surface area contributed by atoms with Crippen molar-refractivity contribution in [3.63, 3.8) is 0 Å². The number of fused-ring (bicyclic) bond motifs is 2. The molecule has 160 valence electrons. The Labute approximate surface area is 187 Å². The van der Waals surface area contributed by atoms with Gasteiger partial charge in [0.15, 0.2) is 5.96 Å². The minimum absolute atomic E-state index is 0. The number of guanidine groups is 1. The molecule has 0 bridgehead atoms. The highest BCUT2D eigenvalue weighted by molar-refractivity contribution is 14.0. The number of nitrogens with zero attached hydrogens (tertiary/aromatic N) is 2. The van der Waals surface area contributed by atoms with Crippen molar-refractivity contribution in [1.29, 1.82) is 0 Å². The zero-order valence-corrected chi connectivity index (χ0v) is 19.8. The SMILES string of the molecule is CN=C(NC1CCCN(C2CCCCC2)C1)NC1C2CCOC2C12CCC2.I. The summed E-state index contributed by atoms with van der Waals surface area (Å²) in [5.74, 6) is 1.74. The molecule has 2 saturated heterocycles. The minimum Gasteiger partial charge on any atom is -0.377 e. The summed E-state index contributed by atoms with van der Waals surface area (Å²) < 4.78 is 6.08. The second-order valence-corrected chi connectivity index (χ2v) is 9.80. The van der Waals surface area contributed by atoms with Crippen LogP contribution in [0.4, 0.5) is 0 Å². The number of aliphatic imine (C=N–C) groups is 1. The molecule has 5 rings (SSSR count). The van der Waals surface area contributed by atoms with E-state index in [-0.39, 0.29) is 24.0 Å². The molecule has 0 aromatic heterocycles. The highest BCUT2D eigenvalue weighted by Gasteiger charge is 2.66. The van der Waals surface area contributed by atoms with Gasteiger partial charge in [-0.05, 0) is 51.5 Å². The summed E-state index contributed by atoms with van der Waals surface area (Å²) in [6.07, 6.45) is 15.5. The van der Waals surface area contributed by atoms with Gasteiger partial charge in [0.2, 0.25) is 0 Å². The molecule has 0 amide bonds. The third-order valence-electron chi connectivity index (χ3n) is 8.44. The number of halogens is 1. The Hall–Kier alpha value is -0.0800. The molecule has 5 aliphatic rings. The normalized spacial score (nSPS) is 38.1. The van der Waals surface area contributed by atoms with Gasteiger partial charge in [-0.25, -0.2) is 0 Å². The fourth-order valence-electron chi connectivity index (χ4n) is 6.87. The van der Waals surface area contributed by atoms with Gasteiger partial charge < -0.3 is 15.4 Å². The molecule has 6 heteroatoms. The summed E-state index contributed by atoms with van der Waals surface area (Å²) in [4.78, 5) is 7.38. The maximum absolute atomic E-state index is 6.08. The molecule has 4 atom stereocenters. The molecule has 4 unspecified atom stereocenters. The molecule has 3 aliphatic carbocycles. The third kappa shape index (κ3) is 3.70. The lowest BCUT2D eigenvalue weighted by molar-refractivity contribution is -0.171. The van der Waals surface area contributed by atoms with E-state index in [4.69, 9.17) is 4.74 Å². The van der Waals surface area contributed by atoms with Crippen LogP contribution in [0.2, 0.25) is 0 Å². The Morgan fingerprint density at radius 2 is 1.82 bits per heavy atom. The number of hydrogen-bond donors (Lipinski definition) is 2. The Morgan fingerprint density at radius 1 is 1.00 bits per heavy atom. The Balaban J connectivity index is 0.00000192. The Bertz CT molecular complexity index is 561. The van der Waals surface area contributed by atoms with Crippen molar-refractivity contribution in [3.8, 4) is 0 Å². The summed E-state index contributed by atoms with van der Waals surface area (Å²) in [6, 6.07) is 1.95. The highest BCUT2D eigenvalue weighted by atomic mass is 127. The predicted molar refractivity (Wildman–Crippen MR) is 124 cm³/mol. The van der Waals surface area contributed by atoms with E-state index in [9.17, 15) is 0 Å². The monoisotopic (exact) mass is 502 g/mol. The van der Waals surface area contributed by atoms with Crippen LogP contribution in [0.3, 0.4) is 0 Å². The van der Waals surface area contributed by atoms with Crippen molar-refractivity contribution in [2.75, 3.05) is 26.7 Å². The van der Waals surface area contributed by atoms with Gasteiger partial charge in [-0.1, -0.05) is 25.7 Å². The van der Waals surface area contributed by atoms with Crippen LogP contribution in [0.1, 0.15) is 70.6 Å². The van der Waals surface area contributed by atoms with Crippen LogP contribution < -0.4 is 10.6 Å². The van der Waals surface area contributed by atoms with Crippen molar-refractivity contribution in [2.24, 2.45) is 16.3 Å². The Morgan fingerprint density at radius 3 is 2.54 bits per heavy atom. The van der Waals surface area contributed by atoms with Gasteiger partial charge in [-0.2, -0.15) is 0 Å². The Kier molecular flexibility index (Phi) is 6.77. The second kappa shape index (κ2) is 8.96. The van der Waals surface area contributed by atoms with Crippen molar-refractivity contribution < 1.29 is 4.74 Å². The largest absolute Gasteiger partial charge is 0.377 e. The van der Waals surface area contributed by atoms with E-state index >= 15 is 0 Å². The molecule has 2 N–H and O–H groups in total. The average Bonchev–Trinajstić information content (AvgIpc) is 3.10. The number of rotatable bonds is 3. The first-order valence-corrected chi connectivity index (χ1v) is 11.7. The number of nitrogens with one attached hydrogen (secondary N) is 2. The zero-order valence-electron chi connectivity index (χ0n) is 17.5. The maximum atomic E-state index is 6.08. The van der Waals surface area contributed by atoms with E-state index in [2.05, 4.69) is 20.5 Å². The zero-order chi connectivity index (χ0) is 18.3. The summed E-state index contributed by atoms with van der Waals surface area (Å²) in [7, 11) is 1.94. The fourth-order valence-corrected chi connectivity index (χ4v) is 6.87. The van der Waals surface area contributed by atoms with Gasteiger partial charge in [0.1, 0.15) is 0 Å². The van der Waals surface area contributed by atoms with Gasteiger partial charge >= 0.3 is 0 Å². The second-order valence-electron chi connectivity index (χ2n) is 9.80. The quantitative estimate of drug-likeness (QED) is 0.352. The number of hydrogen-bond acceptors (Lipinski definition) is 3. The maximum Gasteiger partial charge on any atom is 0.191 e. The van der Waals surface area contributed by atoms with Crippen molar-refractivity contribution in [2.45, 2.75) is 94.9 Å². The van der Waals surface area contributed by atoms with Crippen molar-refractivity contribution in [1.82, 2.24) is 15.5 Å². The first-order valence-electron chi connectivity index (χ1n) is 11.7.